The molecule has 0 unspecified atom stereocenters. The van der Waals surface area contributed by atoms with Crippen molar-refractivity contribution in [1.29, 1.82) is 0 Å². The van der Waals surface area contributed by atoms with Crippen LogP contribution >= 0.6 is 0 Å². The second-order valence-electron chi connectivity index (χ2n) is 6.32. The second kappa shape index (κ2) is 13.7. The molecule has 4 heteroatoms. The minimum absolute atomic E-state index is 0.0364. The fourth-order valence-electron chi connectivity index (χ4n) is 2.96. The molecular formula is C22H35NO3. The van der Waals surface area contributed by atoms with Gasteiger partial charge in [-0.15, -0.1) is 13.2 Å². The highest BCUT2D eigenvalue weighted by molar-refractivity contribution is 5.17. The Morgan fingerprint density at radius 1 is 1.04 bits per heavy atom. The van der Waals surface area contributed by atoms with Crippen molar-refractivity contribution in [2.24, 2.45) is 0 Å². The van der Waals surface area contributed by atoms with Crippen LogP contribution in [0.3, 0.4) is 0 Å². The van der Waals surface area contributed by atoms with Crippen LogP contribution in [0.15, 0.2) is 55.6 Å². The van der Waals surface area contributed by atoms with Gasteiger partial charge in [0.2, 0.25) is 0 Å². The lowest BCUT2D eigenvalue weighted by Gasteiger charge is -2.32. The molecule has 0 aliphatic heterocycles. The second-order valence-corrected chi connectivity index (χ2v) is 6.32. The number of hydrogen-bond donors (Lipinski definition) is 0. The molecule has 26 heavy (non-hydrogen) atoms. The summed E-state index contributed by atoms with van der Waals surface area (Å²) in [6.45, 7) is 10.7. The summed E-state index contributed by atoms with van der Waals surface area (Å²) >= 11 is 0. The van der Waals surface area contributed by atoms with Crippen LogP contribution in [-0.2, 0) is 14.3 Å². The molecule has 0 aromatic heterocycles. The van der Waals surface area contributed by atoms with E-state index in [4.69, 9.17) is 14.3 Å². The Morgan fingerprint density at radius 2 is 1.73 bits per heavy atom. The maximum atomic E-state index is 6.41. The molecule has 0 radical (unpaired) electrons. The van der Waals surface area contributed by atoms with Crippen molar-refractivity contribution in [3.05, 3.63) is 61.2 Å². The maximum Gasteiger partial charge on any atom is 0.156 e. The first kappa shape index (κ1) is 22.6. The van der Waals surface area contributed by atoms with Crippen LogP contribution in [0, 0.1) is 0 Å². The van der Waals surface area contributed by atoms with Gasteiger partial charge in [0, 0.05) is 20.8 Å². The molecule has 0 aliphatic carbocycles. The smallest absolute Gasteiger partial charge is 0.156 e. The molecule has 0 spiro atoms. The summed E-state index contributed by atoms with van der Waals surface area (Å²) in [6, 6.07) is 10.5. The highest BCUT2D eigenvalue weighted by Gasteiger charge is 2.21. The third-order valence-corrected chi connectivity index (χ3v) is 4.40. The van der Waals surface area contributed by atoms with E-state index in [1.54, 1.807) is 14.2 Å². The van der Waals surface area contributed by atoms with E-state index in [1.807, 2.05) is 23.3 Å². The van der Waals surface area contributed by atoms with E-state index in [2.05, 4.69) is 44.3 Å². The van der Waals surface area contributed by atoms with Gasteiger partial charge in [-0.25, -0.2) is 0 Å². The van der Waals surface area contributed by atoms with E-state index < -0.39 is 0 Å². The molecule has 0 saturated carbocycles. The van der Waals surface area contributed by atoms with Crippen LogP contribution in [0.1, 0.15) is 50.7 Å². The van der Waals surface area contributed by atoms with Gasteiger partial charge in [-0.05, 0) is 31.2 Å². The third-order valence-electron chi connectivity index (χ3n) is 4.40. The zero-order valence-electron chi connectivity index (χ0n) is 16.6. The molecule has 1 aromatic carbocycles. The largest absolute Gasteiger partial charge is 0.356 e. The van der Waals surface area contributed by atoms with Crippen LogP contribution in [0.2, 0.25) is 0 Å². The highest BCUT2D eigenvalue weighted by Crippen LogP contribution is 2.26. The van der Waals surface area contributed by atoms with Gasteiger partial charge < -0.3 is 9.47 Å². The third kappa shape index (κ3) is 7.83. The molecule has 2 atom stereocenters. The summed E-state index contributed by atoms with van der Waals surface area (Å²) in [6.07, 6.45) is 8.46. The Hall–Kier alpha value is -1.46. The summed E-state index contributed by atoms with van der Waals surface area (Å²) in [5, 5.41) is 2.00. The lowest BCUT2D eigenvalue weighted by Crippen LogP contribution is -2.35. The van der Waals surface area contributed by atoms with Gasteiger partial charge in [-0.1, -0.05) is 55.8 Å². The zero-order valence-corrected chi connectivity index (χ0v) is 16.6. The van der Waals surface area contributed by atoms with Crippen molar-refractivity contribution in [2.75, 3.05) is 20.8 Å². The normalized spacial score (nSPS) is 13.7. The number of benzene rings is 1. The van der Waals surface area contributed by atoms with E-state index in [9.17, 15) is 0 Å². The molecule has 0 heterocycles. The Labute approximate surface area is 159 Å². The average Bonchev–Trinajstić information content (AvgIpc) is 2.68. The Balaban J connectivity index is 2.75. The van der Waals surface area contributed by atoms with E-state index in [-0.39, 0.29) is 18.4 Å². The summed E-state index contributed by atoms with van der Waals surface area (Å²) in [5.41, 5.74) is 1.20. The van der Waals surface area contributed by atoms with Crippen molar-refractivity contribution in [2.45, 2.75) is 57.5 Å². The van der Waals surface area contributed by atoms with Gasteiger partial charge >= 0.3 is 0 Å². The van der Waals surface area contributed by atoms with Crippen LogP contribution in [0.5, 0.6) is 0 Å². The first-order valence-corrected chi connectivity index (χ1v) is 9.47. The monoisotopic (exact) mass is 361 g/mol. The molecule has 0 bridgehead atoms. The van der Waals surface area contributed by atoms with Crippen molar-refractivity contribution in [3.8, 4) is 0 Å². The minimum atomic E-state index is -0.161. The van der Waals surface area contributed by atoms with E-state index >= 15 is 0 Å². The molecular weight excluding hydrogens is 326 g/mol. The number of methoxy groups -OCH3 is 2. The zero-order chi connectivity index (χ0) is 19.2. The highest BCUT2D eigenvalue weighted by atomic mass is 16.7. The fraction of sp³-hybridized carbons (Fsp3) is 0.545. The maximum absolute atomic E-state index is 6.41. The summed E-state index contributed by atoms with van der Waals surface area (Å²) in [4.78, 5) is 6.41. The fourth-order valence-corrected chi connectivity index (χ4v) is 2.96. The molecule has 146 valence electrons. The van der Waals surface area contributed by atoms with Crippen LogP contribution in [-0.4, -0.2) is 38.2 Å². The Kier molecular flexibility index (Phi) is 11.9. The van der Waals surface area contributed by atoms with Crippen molar-refractivity contribution in [3.63, 3.8) is 0 Å². The van der Waals surface area contributed by atoms with Gasteiger partial charge in [-0.2, -0.15) is 5.06 Å². The van der Waals surface area contributed by atoms with Crippen molar-refractivity contribution < 1.29 is 14.3 Å². The Morgan fingerprint density at radius 3 is 2.27 bits per heavy atom. The Bertz CT molecular complexity index is 487. The summed E-state index contributed by atoms with van der Waals surface area (Å²) < 4.78 is 10.5. The topological polar surface area (TPSA) is 30.9 Å². The predicted octanol–water partition coefficient (Wildman–Crippen LogP) is 5.29. The molecule has 1 rings (SSSR count). The summed E-state index contributed by atoms with van der Waals surface area (Å²) in [7, 11) is 3.34. The van der Waals surface area contributed by atoms with E-state index in [0.29, 0.717) is 6.54 Å². The number of nitrogens with zero attached hydrogens (tertiary/aromatic N) is 1. The van der Waals surface area contributed by atoms with Gasteiger partial charge in [0.15, 0.2) is 6.29 Å². The molecule has 0 aliphatic rings. The van der Waals surface area contributed by atoms with Gasteiger partial charge in [0.25, 0.3) is 0 Å². The lowest BCUT2D eigenvalue weighted by atomic mass is 10.1. The SMILES string of the molecule is C=CCN(O[C@@H](CCC)c1ccccc1)[C@@H](C=C)CCCC(OC)OC. The molecule has 4 nitrogen and oxygen atoms in total. The quantitative estimate of drug-likeness (QED) is 0.241. The van der Waals surface area contributed by atoms with Gasteiger partial charge in [0.1, 0.15) is 6.10 Å². The predicted molar refractivity (Wildman–Crippen MR) is 108 cm³/mol. The molecule has 0 amide bonds. The summed E-state index contributed by atoms with van der Waals surface area (Å²) in [5.74, 6) is 0. The van der Waals surface area contributed by atoms with Crippen molar-refractivity contribution in [1.82, 2.24) is 5.06 Å². The van der Waals surface area contributed by atoms with Crippen molar-refractivity contribution >= 4 is 0 Å². The molecule has 0 saturated heterocycles. The first-order valence-electron chi connectivity index (χ1n) is 9.47. The number of rotatable bonds is 15. The molecule has 0 N–H and O–H groups in total. The standard InChI is InChI=1S/C22H35NO3/c1-6-13-21(19-14-10-9-11-15-19)26-23(18-7-2)20(8-3)16-12-17-22(24-4)25-5/h7-11,14-15,20-22H,2-3,6,12-13,16-18H2,1,4-5H3/t20-,21-/m0/s1. The van der Waals surface area contributed by atoms with Gasteiger partial charge in [-0.3, -0.25) is 4.84 Å². The van der Waals surface area contributed by atoms with Crippen LogP contribution in [0.25, 0.3) is 0 Å². The number of hydroxylamine groups is 2. The number of ether oxygens (including phenoxy) is 2. The van der Waals surface area contributed by atoms with E-state index in [1.165, 1.54) is 5.56 Å². The molecule has 1 aromatic rings. The van der Waals surface area contributed by atoms with Crippen LogP contribution in [0.4, 0.5) is 0 Å². The first-order chi connectivity index (χ1) is 12.7. The lowest BCUT2D eigenvalue weighted by molar-refractivity contribution is -0.213. The van der Waals surface area contributed by atoms with Gasteiger partial charge in [0.05, 0.1) is 6.04 Å². The minimum Gasteiger partial charge on any atom is -0.356 e. The van der Waals surface area contributed by atoms with Crippen LogP contribution < -0.4 is 0 Å². The molecule has 0 fully saturated rings. The van der Waals surface area contributed by atoms with E-state index in [0.717, 1.165) is 32.1 Å². The average molecular weight is 362 g/mol. The number of hydrogen-bond acceptors (Lipinski definition) is 4.